The third-order valence-electron chi connectivity index (χ3n) is 3.13. The molecule has 0 aliphatic carbocycles. The highest BCUT2D eigenvalue weighted by Crippen LogP contribution is 2.26. The number of thioether (sulfide) groups is 1. The van der Waals surface area contributed by atoms with E-state index in [1.54, 1.807) is 36.4 Å². The smallest absolute Gasteiger partial charge is 0.191 e. The van der Waals surface area contributed by atoms with Gasteiger partial charge in [-0.05, 0) is 30.7 Å². The van der Waals surface area contributed by atoms with Gasteiger partial charge in [0.1, 0.15) is 5.15 Å². The number of hydrogen-bond donors (Lipinski definition) is 0. The van der Waals surface area contributed by atoms with E-state index in [-0.39, 0.29) is 0 Å². The summed E-state index contributed by atoms with van der Waals surface area (Å²) in [6.45, 7) is 2.90. The van der Waals surface area contributed by atoms with Gasteiger partial charge in [0, 0.05) is 36.5 Å². The standard InChI is InChI=1S/C15H14ClN5S/c1-2-21-14(12-5-7-17-8-6-12)19-20-15(21)22-10-11-3-4-13(16)18-9-11/h3-9H,2,10H2,1H3. The molecule has 3 aromatic rings. The third kappa shape index (κ3) is 3.28. The molecule has 7 heteroatoms. The van der Waals surface area contributed by atoms with E-state index in [9.17, 15) is 0 Å². The predicted molar refractivity (Wildman–Crippen MR) is 87.7 cm³/mol. The Balaban J connectivity index is 1.80. The van der Waals surface area contributed by atoms with E-state index in [4.69, 9.17) is 11.6 Å². The Morgan fingerprint density at radius 2 is 1.95 bits per heavy atom. The van der Waals surface area contributed by atoms with Crippen LogP contribution in [0, 0.1) is 0 Å². The second kappa shape index (κ2) is 6.89. The van der Waals surface area contributed by atoms with Gasteiger partial charge >= 0.3 is 0 Å². The normalized spacial score (nSPS) is 10.8. The molecule has 0 bridgehead atoms. The zero-order valence-corrected chi connectivity index (χ0v) is 13.6. The van der Waals surface area contributed by atoms with Crippen LogP contribution in [-0.4, -0.2) is 24.7 Å². The first-order valence-electron chi connectivity index (χ1n) is 6.84. The highest BCUT2D eigenvalue weighted by atomic mass is 35.5. The summed E-state index contributed by atoms with van der Waals surface area (Å²) in [5.41, 5.74) is 2.12. The average molecular weight is 332 g/mol. The number of rotatable bonds is 5. The summed E-state index contributed by atoms with van der Waals surface area (Å²) in [4.78, 5) is 8.12. The molecule has 0 fully saturated rings. The lowest BCUT2D eigenvalue weighted by atomic mass is 10.2. The van der Waals surface area contributed by atoms with Crippen LogP contribution in [0.5, 0.6) is 0 Å². The van der Waals surface area contributed by atoms with Crippen LogP contribution in [0.4, 0.5) is 0 Å². The molecule has 0 saturated heterocycles. The van der Waals surface area contributed by atoms with Crippen LogP contribution in [0.15, 0.2) is 48.0 Å². The van der Waals surface area contributed by atoms with Gasteiger partial charge in [-0.25, -0.2) is 4.98 Å². The lowest BCUT2D eigenvalue weighted by Crippen LogP contribution is -2.00. The molecule has 3 heterocycles. The Labute approximate surface area is 137 Å². The first kappa shape index (κ1) is 15.0. The minimum Gasteiger partial charge on any atom is -0.302 e. The maximum atomic E-state index is 5.80. The molecule has 0 saturated carbocycles. The molecule has 0 spiro atoms. The fourth-order valence-corrected chi connectivity index (χ4v) is 3.08. The van der Waals surface area contributed by atoms with Crippen molar-refractivity contribution < 1.29 is 0 Å². The van der Waals surface area contributed by atoms with Crippen molar-refractivity contribution in [2.75, 3.05) is 0 Å². The van der Waals surface area contributed by atoms with Crippen LogP contribution in [-0.2, 0) is 12.3 Å². The molecule has 0 aromatic carbocycles. The number of hydrogen-bond acceptors (Lipinski definition) is 5. The van der Waals surface area contributed by atoms with Gasteiger partial charge in [0.25, 0.3) is 0 Å². The fourth-order valence-electron chi connectivity index (χ4n) is 2.03. The van der Waals surface area contributed by atoms with Gasteiger partial charge in [-0.2, -0.15) is 0 Å². The summed E-state index contributed by atoms with van der Waals surface area (Å²) in [5.74, 6) is 1.64. The minimum atomic E-state index is 0.505. The van der Waals surface area contributed by atoms with Crippen LogP contribution in [0.25, 0.3) is 11.4 Å². The topological polar surface area (TPSA) is 56.5 Å². The summed E-state index contributed by atoms with van der Waals surface area (Å²) < 4.78 is 2.10. The van der Waals surface area contributed by atoms with Gasteiger partial charge in [-0.1, -0.05) is 29.4 Å². The Morgan fingerprint density at radius 1 is 1.14 bits per heavy atom. The molecule has 0 N–H and O–H groups in total. The zero-order valence-electron chi connectivity index (χ0n) is 12.0. The fraction of sp³-hybridized carbons (Fsp3) is 0.200. The Morgan fingerprint density at radius 3 is 2.64 bits per heavy atom. The average Bonchev–Trinajstić information content (AvgIpc) is 2.98. The number of aromatic nitrogens is 5. The lowest BCUT2D eigenvalue weighted by Gasteiger charge is -2.07. The van der Waals surface area contributed by atoms with Gasteiger partial charge in [-0.15, -0.1) is 10.2 Å². The molecule has 0 aliphatic rings. The third-order valence-corrected chi connectivity index (χ3v) is 4.39. The number of nitrogens with zero attached hydrogens (tertiary/aromatic N) is 5. The molecule has 0 atom stereocenters. The maximum Gasteiger partial charge on any atom is 0.191 e. The first-order valence-corrected chi connectivity index (χ1v) is 8.21. The van der Waals surface area contributed by atoms with E-state index >= 15 is 0 Å². The van der Waals surface area contributed by atoms with E-state index in [2.05, 4.69) is 31.7 Å². The van der Waals surface area contributed by atoms with Crippen molar-refractivity contribution >= 4 is 23.4 Å². The van der Waals surface area contributed by atoms with Gasteiger partial charge in [-0.3, -0.25) is 4.98 Å². The van der Waals surface area contributed by atoms with Crippen molar-refractivity contribution in [2.45, 2.75) is 24.4 Å². The van der Waals surface area contributed by atoms with E-state index in [0.29, 0.717) is 5.15 Å². The van der Waals surface area contributed by atoms with Crippen molar-refractivity contribution in [2.24, 2.45) is 0 Å². The maximum absolute atomic E-state index is 5.80. The summed E-state index contributed by atoms with van der Waals surface area (Å²) in [7, 11) is 0. The highest BCUT2D eigenvalue weighted by molar-refractivity contribution is 7.98. The van der Waals surface area contributed by atoms with Crippen molar-refractivity contribution in [3.05, 3.63) is 53.6 Å². The number of halogens is 1. The highest BCUT2D eigenvalue weighted by Gasteiger charge is 2.13. The monoisotopic (exact) mass is 331 g/mol. The second-order valence-electron chi connectivity index (χ2n) is 4.56. The predicted octanol–water partition coefficient (Wildman–Crippen LogP) is 3.70. The molecule has 5 nitrogen and oxygen atoms in total. The summed E-state index contributed by atoms with van der Waals surface area (Å²) in [6, 6.07) is 7.64. The van der Waals surface area contributed by atoms with Crippen LogP contribution >= 0.6 is 23.4 Å². The molecule has 0 aliphatic heterocycles. The Bertz CT molecular complexity index is 742. The zero-order chi connectivity index (χ0) is 15.4. The van der Waals surface area contributed by atoms with Crippen molar-refractivity contribution in [3.8, 4) is 11.4 Å². The lowest BCUT2D eigenvalue weighted by molar-refractivity contribution is 0.687. The van der Waals surface area contributed by atoms with E-state index in [0.717, 1.165) is 34.4 Å². The van der Waals surface area contributed by atoms with E-state index in [1.165, 1.54) is 0 Å². The number of pyridine rings is 2. The molecule has 0 radical (unpaired) electrons. The minimum absolute atomic E-state index is 0.505. The van der Waals surface area contributed by atoms with Crippen LogP contribution < -0.4 is 0 Å². The second-order valence-corrected chi connectivity index (χ2v) is 5.89. The molecule has 0 unspecified atom stereocenters. The molecular weight excluding hydrogens is 318 g/mol. The van der Waals surface area contributed by atoms with Crippen LogP contribution in [0.1, 0.15) is 12.5 Å². The molecule has 22 heavy (non-hydrogen) atoms. The van der Waals surface area contributed by atoms with Gasteiger partial charge in [0.2, 0.25) is 0 Å². The van der Waals surface area contributed by atoms with Crippen LogP contribution in [0.3, 0.4) is 0 Å². The molecule has 3 aromatic heterocycles. The molecule has 112 valence electrons. The van der Waals surface area contributed by atoms with Crippen LogP contribution in [0.2, 0.25) is 5.15 Å². The van der Waals surface area contributed by atoms with Crippen molar-refractivity contribution in [3.63, 3.8) is 0 Å². The Hall–Kier alpha value is -1.92. The quantitative estimate of drug-likeness (QED) is 0.527. The van der Waals surface area contributed by atoms with E-state index < -0.39 is 0 Å². The summed E-state index contributed by atoms with van der Waals surface area (Å²) >= 11 is 7.43. The van der Waals surface area contributed by atoms with Crippen molar-refractivity contribution in [1.82, 2.24) is 24.7 Å². The summed E-state index contributed by atoms with van der Waals surface area (Å²) in [5, 5.41) is 10.0. The molecular formula is C15H14ClN5S. The molecule has 3 rings (SSSR count). The largest absolute Gasteiger partial charge is 0.302 e. The van der Waals surface area contributed by atoms with Gasteiger partial charge in [0.05, 0.1) is 0 Å². The molecule has 0 amide bonds. The summed E-state index contributed by atoms with van der Waals surface area (Å²) in [6.07, 6.45) is 5.30. The first-order chi connectivity index (χ1) is 10.8. The van der Waals surface area contributed by atoms with E-state index in [1.807, 2.05) is 18.2 Å². The van der Waals surface area contributed by atoms with Crippen molar-refractivity contribution in [1.29, 1.82) is 0 Å². The SMILES string of the molecule is CCn1c(SCc2ccc(Cl)nc2)nnc1-c1ccncc1. The van der Waals surface area contributed by atoms with Gasteiger partial charge in [0.15, 0.2) is 11.0 Å². The Kier molecular flexibility index (Phi) is 4.70. The van der Waals surface area contributed by atoms with Gasteiger partial charge < -0.3 is 4.57 Å².